The minimum absolute atomic E-state index is 0.0898. The number of esters is 1. The Kier molecular flexibility index (Phi) is 4.47. The smallest absolute Gasteiger partial charge is 0.309 e. The van der Waals surface area contributed by atoms with E-state index in [1.54, 1.807) is 11.8 Å². The van der Waals surface area contributed by atoms with Crippen LogP contribution >= 0.6 is 11.8 Å². The zero-order chi connectivity index (χ0) is 15.5. The van der Waals surface area contributed by atoms with Crippen LogP contribution in [0.15, 0.2) is 29.2 Å². The number of ether oxygens (including phenoxy) is 1. The number of carbonyl (C=O) groups is 1. The highest BCUT2D eigenvalue weighted by atomic mass is 32.2. The maximum Gasteiger partial charge on any atom is 0.309 e. The van der Waals surface area contributed by atoms with Gasteiger partial charge in [-0.15, -0.1) is 11.8 Å². The predicted octanol–water partition coefficient (Wildman–Crippen LogP) is 2.33. The number of fused-ring (bicyclic) bond motifs is 1. The number of aromatic nitrogens is 3. The first-order valence-corrected chi connectivity index (χ1v) is 8.56. The van der Waals surface area contributed by atoms with Gasteiger partial charge in [0.15, 0.2) is 5.82 Å². The van der Waals surface area contributed by atoms with Crippen molar-refractivity contribution in [2.24, 2.45) is 5.92 Å². The summed E-state index contributed by atoms with van der Waals surface area (Å²) in [5.41, 5.74) is 1.24. The molecule has 1 aromatic carbocycles. The van der Waals surface area contributed by atoms with E-state index in [2.05, 4.69) is 28.5 Å². The summed E-state index contributed by atoms with van der Waals surface area (Å²) in [6.07, 6.45) is 4.18. The first-order valence-electron chi connectivity index (χ1n) is 7.33. The lowest BCUT2D eigenvalue weighted by Gasteiger charge is -2.19. The molecule has 5 nitrogen and oxygen atoms in total. The fraction of sp³-hybridized carbons (Fsp3) is 0.438. The molecule has 2 heterocycles. The van der Waals surface area contributed by atoms with Gasteiger partial charge in [0.05, 0.1) is 13.0 Å². The van der Waals surface area contributed by atoms with Gasteiger partial charge in [0.2, 0.25) is 0 Å². The van der Waals surface area contributed by atoms with Gasteiger partial charge in [-0.1, -0.05) is 18.2 Å². The zero-order valence-corrected chi connectivity index (χ0v) is 13.6. The number of aryl methyl sites for hydroxylation is 1. The molecule has 0 saturated heterocycles. The van der Waals surface area contributed by atoms with Crippen molar-refractivity contribution in [2.75, 3.05) is 13.4 Å². The fourth-order valence-corrected chi connectivity index (χ4v) is 3.44. The molecule has 1 unspecified atom stereocenters. The normalized spacial score (nSPS) is 17.1. The first-order chi connectivity index (χ1) is 10.7. The summed E-state index contributed by atoms with van der Waals surface area (Å²) in [4.78, 5) is 17.6. The third-order valence-electron chi connectivity index (χ3n) is 3.99. The lowest BCUT2D eigenvalue weighted by Crippen LogP contribution is -2.27. The van der Waals surface area contributed by atoms with E-state index in [9.17, 15) is 4.79 Å². The minimum atomic E-state index is -0.150. The van der Waals surface area contributed by atoms with E-state index in [1.807, 2.05) is 16.8 Å². The van der Waals surface area contributed by atoms with E-state index in [-0.39, 0.29) is 11.9 Å². The van der Waals surface area contributed by atoms with E-state index in [0.717, 1.165) is 31.0 Å². The topological polar surface area (TPSA) is 57.0 Å². The Hall–Kier alpha value is -1.82. The van der Waals surface area contributed by atoms with Crippen LogP contribution in [0.4, 0.5) is 0 Å². The summed E-state index contributed by atoms with van der Waals surface area (Å²) in [5.74, 6) is 1.47. The summed E-state index contributed by atoms with van der Waals surface area (Å²) in [6.45, 7) is 0.728. The highest BCUT2D eigenvalue weighted by Crippen LogP contribution is 2.24. The van der Waals surface area contributed by atoms with Crippen LogP contribution in [0.2, 0.25) is 0 Å². The van der Waals surface area contributed by atoms with E-state index >= 15 is 0 Å². The van der Waals surface area contributed by atoms with Crippen LogP contribution in [0.25, 0.3) is 0 Å². The van der Waals surface area contributed by atoms with Gasteiger partial charge in [-0.2, -0.15) is 5.10 Å². The maximum absolute atomic E-state index is 11.7. The molecule has 1 aromatic heterocycles. The summed E-state index contributed by atoms with van der Waals surface area (Å²) < 4.78 is 6.77. The Morgan fingerprint density at radius 2 is 2.27 bits per heavy atom. The van der Waals surface area contributed by atoms with Crippen LogP contribution in [0.3, 0.4) is 0 Å². The van der Waals surface area contributed by atoms with E-state index < -0.39 is 0 Å². The monoisotopic (exact) mass is 317 g/mol. The van der Waals surface area contributed by atoms with Gasteiger partial charge in [-0.05, 0) is 24.3 Å². The Morgan fingerprint density at radius 3 is 3.05 bits per heavy atom. The number of hydrogen-bond acceptors (Lipinski definition) is 5. The van der Waals surface area contributed by atoms with E-state index in [4.69, 9.17) is 4.74 Å². The van der Waals surface area contributed by atoms with Crippen LogP contribution in [-0.2, 0) is 28.9 Å². The number of thioether (sulfide) groups is 1. The molecule has 3 rings (SSSR count). The number of nitrogens with zero attached hydrogens (tertiary/aromatic N) is 3. The van der Waals surface area contributed by atoms with Gasteiger partial charge in [-0.25, -0.2) is 9.67 Å². The maximum atomic E-state index is 11.7. The SMILES string of the molecule is COC(=O)C1CCn2nc(Cc3ccccc3SC)nc2C1. The van der Waals surface area contributed by atoms with E-state index in [1.165, 1.54) is 17.6 Å². The largest absolute Gasteiger partial charge is 0.469 e. The van der Waals surface area contributed by atoms with Crippen LogP contribution in [0, 0.1) is 5.92 Å². The summed E-state index contributed by atoms with van der Waals surface area (Å²) in [6, 6.07) is 8.31. The minimum Gasteiger partial charge on any atom is -0.469 e. The van der Waals surface area contributed by atoms with E-state index in [0.29, 0.717) is 6.42 Å². The molecule has 1 atom stereocenters. The molecule has 1 aliphatic rings. The summed E-state index contributed by atoms with van der Waals surface area (Å²) >= 11 is 1.73. The molecule has 2 aromatic rings. The van der Waals surface area contributed by atoms with Gasteiger partial charge in [0, 0.05) is 24.3 Å². The van der Waals surface area contributed by atoms with Gasteiger partial charge >= 0.3 is 5.97 Å². The molecule has 0 amide bonds. The van der Waals surface area contributed by atoms with Crippen molar-refractivity contribution in [2.45, 2.75) is 30.7 Å². The molecule has 0 N–H and O–H groups in total. The third-order valence-corrected chi connectivity index (χ3v) is 4.82. The van der Waals surface area contributed by atoms with Crippen molar-refractivity contribution in [3.05, 3.63) is 41.5 Å². The van der Waals surface area contributed by atoms with Gasteiger partial charge < -0.3 is 4.74 Å². The number of carbonyl (C=O) groups excluding carboxylic acids is 1. The van der Waals surface area contributed by atoms with Crippen molar-refractivity contribution in [3.8, 4) is 0 Å². The second-order valence-electron chi connectivity index (χ2n) is 5.37. The van der Waals surface area contributed by atoms with Gasteiger partial charge in [0.1, 0.15) is 5.82 Å². The third kappa shape index (κ3) is 3.02. The molecule has 0 saturated carbocycles. The Morgan fingerprint density at radius 1 is 1.45 bits per heavy atom. The first kappa shape index (κ1) is 15.1. The van der Waals surface area contributed by atoms with Crippen LogP contribution in [0.5, 0.6) is 0 Å². The van der Waals surface area contributed by atoms with Crippen molar-refractivity contribution < 1.29 is 9.53 Å². The molecule has 0 bridgehead atoms. The van der Waals surface area contributed by atoms with Crippen LogP contribution in [-0.4, -0.2) is 34.1 Å². The quantitative estimate of drug-likeness (QED) is 0.640. The van der Waals surface area contributed by atoms with Crippen LogP contribution in [0.1, 0.15) is 23.6 Å². The molecule has 22 heavy (non-hydrogen) atoms. The van der Waals surface area contributed by atoms with Gasteiger partial charge in [-0.3, -0.25) is 4.79 Å². The molecule has 0 radical (unpaired) electrons. The number of methoxy groups -OCH3 is 1. The second-order valence-corrected chi connectivity index (χ2v) is 6.22. The Bertz CT molecular complexity index is 684. The molecule has 0 spiro atoms. The van der Waals surface area contributed by atoms with Gasteiger partial charge in [0.25, 0.3) is 0 Å². The number of benzene rings is 1. The average Bonchev–Trinajstić information content (AvgIpc) is 2.95. The average molecular weight is 317 g/mol. The molecule has 6 heteroatoms. The molecular formula is C16H19N3O2S. The van der Waals surface area contributed by atoms with Crippen LogP contribution < -0.4 is 0 Å². The zero-order valence-electron chi connectivity index (χ0n) is 12.8. The van der Waals surface area contributed by atoms with Crippen molar-refractivity contribution >= 4 is 17.7 Å². The molecule has 1 aliphatic heterocycles. The standard InChI is InChI=1S/C16H19N3O2S/c1-21-16(20)12-7-8-19-15(10-12)17-14(18-19)9-11-5-3-4-6-13(11)22-2/h3-6,12H,7-10H2,1-2H3. The Labute approximate surface area is 134 Å². The molecule has 116 valence electrons. The fourth-order valence-electron chi connectivity index (χ4n) is 2.82. The summed E-state index contributed by atoms with van der Waals surface area (Å²) in [7, 11) is 1.44. The van der Waals surface area contributed by atoms with Crippen molar-refractivity contribution in [1.29, 1.82) is 0 Å². The molecule has 0 aliphatic carbocycles. The predicted molar refractivity (Wildman–Crippen MR) is 84.9 cm³/mol. The second kappa shape index (κ2) is 6.52. The highest BCUT2D eigenvalue weighted by Gasteiger charge is 2.27. The van der Waals surface area contributed by atoms with Crippen molar-refractivity contribution in [3.63, 3.8) is 0 Å². The number of hydrogen-bond donors (Lipinski definition) is 0. The molecule has 0 fully saturated rings. The molecular weight excluding hydrogens is 298 g/mol. The lowest BCUT2D eigenvalue weighted by molar-refractivity contribution is -0.146. The summed E-state index contributed by atoms with van der Waals surface area (Å²) in [5, 5.41) is 4.59. The Balaban J connectivity index is 1.78. The van der Waals surface area contributed by atoms with Crippen molar-refractivity contribution in [1.82, 2.24) is 14.8 Å². The number of rotatable bonds is 4. The lowest BCUT2D eigenvalue weighted by atomic mass is 9.98. The highest BCUT2D eigenvalue weighted by molar-refractivity contribution is 7.98.